The molecule has 1 saturated carbocycles. The van der Waals surface area contributed by atoms with E-state index in [1.165, 1.54) is 12.2 Å². The van der Waals surface area contributed by atoms with Gasteiger partial charge in [-0.2, -0.15) is 0 Å². The third-order valence-electron chi connectivity index (χ3n) is 4.74. The number of carbonyl (C=O) groups excluding carboxylic acids is 1. The minimum absolute atomic E-state index is 0.0882. The quantitative estimate of drug-likeness (QED) is 0.593. The highest BCUT2D eigenvalue weighted by Crippen LogP contribution is 2.44. The van der Waals surface area contributed by atoms with E-state index in [2.05, 4.69) is 28.4 Å². The Morgan fingerprint density at radius 3 is 2.38 bits per heavy atom. The van der Waals surface area contributed by atoms with Crippen LogP contribution in [0.25, 0.3) is 0 Å². The van der Waals surface area contributed by atoms with Crippen molar-refractivity contribution in [2.24, 2.45) is 0 Å². The van der Waals surface area contributed by atoms with Crippen LogP contribution >= 0.6 is 11.6 Å². The topological polar surface area (TPSA) is 54.9 Å². The highest BCUT2D eigenvalue weighted by atomic mass is 35.5. The zero-order valence-electron chi connectivity index (χ0n) is 14.7. The van der Waals surface area contributed by atoms with Crippen LogP contribution in [0.15, 0.2) is 48.3 Å². The SMILES string of the molecule is C=C/C=C(\C(=C)Cl)C(=O)NCC1(c2cnc(C)nc2)CCC(F)(F)CC1. The standard InChI is InChI=1S/C19H22ClF2N3O/c1-4-5-16(13(2)20)17(26)25-12-18(6-8-19(21,22)9-7-18)15-10-23-14(3)24-11-15/h4-5,10-11H,1-2,6-9,12H2,3H3,(H,25,26)/b16-5+. The lowest BCUT2D eigenvalue weighted by Gasteiger charge is -2.40. The summed E-state index contributed by atoms with van der Waals surface area (Å²) >= 11 is 5.85. The van der Waals surface area contributed by atoms with Gasteiger partial charge in [-0.25, -0.2) is 18.7 Å². The number of aryl methyl sites for hydroxylation is 1. The molecule has 4 nitrogen and oxygen atoms in total. The number of alkyl halides is 2. The zero-order chi connectivity index (χ0) is 19.4. The largest absolute Gasteiger partial charge is 0.351 e. The summed E-state index contributed by atoms with van der Waals surface area (Å²) in [5.41, 5.74) is 0.300. The molecule has 140 valence electrons. The first-order chi connectivity index (χ1) is 12.2. The molecule has 1 amide bonds. The Morgan fingerprint density at radius 1 is 1.31 bits per heavy atom. The summed E-state index contributed by atoms with van der Waals surface area (Å²) in [6.07, 6.45) is 6.18. The first-order valence-corrected chi connectivity index (χ1v) is 8.70. The van der Waals surface area contributed by atoms with Crippen LogP contribution in [0.4, 0.5) is 8.78 Å². The normalized spacial score (nSPS) is 18.8. The number of aromatic nitrogens is 2. The molecular formula is C19H22ClF2N3O. The van der Waals surface area contributed by atoms with Crippen molar-refractivity contribution in [3.63, 3.8) is 0 Å². The number of hydrogen-bond donors (Lipinski definition) is 1. The number of carbonyl (C=O) groups is 1. The minimum Gasteiger partial charge on any atom is -0.351 e. The third kappa shape index (κ3) is 4.75. The second-order valence-corrected chi connectivity index (χ2v) is 7.02. The molecule has 0 aromatic carbocycles. The first-order valence-electron chi connectivity index (χ1n) is 8.32. The van der Waals surface area contributed by atoms with E-state index in [0.717, 1.165) is 5.56 Å². The number of rotatable bonds is 6. The molecule has 2 rings (SSSR count). The van der Waals surface area contributed by atoms with Gasteiger partial charge in [-0.3, -0.25) is 4.79 Å². The van der Waals surface area contributed by atoms with Crippen LogP contribution in [0.2, 0.25) is 0 Å². The molecule has 26 heavy (non-hydrogen) atoms. The number of amides is 1. The molecule has 1 aliphatic rings. The lowest BCUT2D eigenvalue weighted by Crippen LogP contribution is -2.46. The van der Waals surface area contributed by atoms with Crippen molar-refractivity contribution in [3.05, 3.63) is 59.7 Å². The molecule has 7 heteroatoms. The summed E-state index contributed by atoms with van der Waals surface area (Å²) in [4.78, 5) is 20.8. The van der Waals surface area contributed by atoms with Crippen molar-refractivity contribution in [3.8, 4) is 0 Å². The molecular weight excluding hydrogens is 360 g/mol. The maximum atomic E-state index is 13.7. The van der Waals surface area contributed by atoms with Crippen molar-refractivity contribution in [2.75, 3.05) is 6.54 Å². The Morgan fingerprint density at radius 2 is 1.88 bits per heavy atom. The summed E-state index contributed by atoms with van der Waals surface area (Å²) in [7, 11) is 0. The van der Waals surface area contributed by atoms with Crippen molar-refractivity contribution >= 4 is 17.5 Å². The average Bonchev–Trinajstić information content (AvgIpc) is 2.59. The molecule has 0 atom stereocenters. The monoisotopic (exact) mass is 381 g/mol. The fraction of sp³-hybridized carbons (Fsp3) is 0.421. The predicted molar refractivity (Wildman–Crippen MR) is 98.1 cm³/mol. The van der Waals surface area contributed by atoms with Crippen LogP contribution < -0.4 is 5.32 Å². The third-order valence-corrected chi connectivity index (χ3v) is 4.94. The second kappa shape index (κ2) is 8.08. The molecule has 1 aromatic rings. The van der Waals surface area contributed by atoms with Gasteiger partial charge in [-0.1, -0.05) is 30.8 Å². The Bertz CT molecular complexity index is 719. The summed E-state index contributed by atoms with van der Waals surface area (Å²) in [5.74, 6) is -2.50. The van der Waals surface area contributed by atoms with Crippen molar-refractivity contribution < 1.29 is 13.6 Å². The van der Waals surface area contributed by atoms with Gasteiger partial charge in [-0.15, -0.1) is 0 Å². The number of hydrogen-bond acceptors (Lipinski definition) is 3. The van der Waals surface area contributed by atoms with Crippen LogP contribution in [0.5, 0.6) is 0 Å². The second-order valence-electron chi connectivity index (χ2n) is 6.56. The predicted octanol–water partition coefficient (Wildman–Crippen LogP) is 4.21. The van der Waals surface area contributed by atoms with Gasteiger partial charge in [0.2, 0.25) is 5.92 Å². The molecule has 1 aliphatic carbocycles. The Hall–Kier alpha value is -2.08. The van der Waals surface area contributed by atoms with Gasteiger partial charge in [0.1, 0.15) is 5.82 Å². The number of allylic oxidation sites excluding steroid dienone is 2. The Kier molecular flexibility index (Phi) is 6.29. The fourth-order valence-electron chi connectivity index (χ4n) is 3.08. The van der Waals surface area contributed by atoms with E-state index in [0.29, 0.717) is 5.82 Å². The lowest BCUT2D eigenvalue weighted by atomic mass is 9.69. The van der Waals surface area contributed by atoms with Gasteiger partial charge in [0.05, 0.1) is 5.57 Å². The maximum absolute atomic E-state index is 13.7. The summed E-state index contributed by atoms with van der Waals surface area (Å²) in [5, 5.41) is 2.89. The summed E-state index contributed by atoms with van der Waals surface area (Å²) < 4.78 is 27.4. The number of nitrogens with zero attached hydrogens (tertiary/aromatic N) is 2. The number of halogens is 3. The molecule has 0 radical (unpaired) electrons. The Labute approximate surface area is 157 Å². The molecule has 0 bridgehead atoms. The zero-order valence-corrected chi connectivity index (χ0v) is 15.5. The summed E-state index contributed by atoms with van der Waals surface area (Å²) in [6, 6.07) is 0. The van der Waals surface area contributed by atoms with E-state index in [-0.39, 0.29) is 42.8 Å². The van der Waals surface area contributed by atoms with E-state index >= 15 is 0 Å². The molecule has 1 N–H and O–H groups in total. The van der Waals surface area contributed by atoms with Gasteiger partial charge in [0, 0.05) is 42.2 Å². The van der Waals surface area contributed by atoms with Crippen molar-refractivity contribution in [1.29, 1.82) is 0 Å². The fourth-order valence-corrected chi connectivity index (χ4v) is 3.23. The molecule has 0 spiro atoms. The maximum Gasteiger partial charge on any atom is 0.252 e. The van der Waals surface area contributed by atoms with Crippen LogP contribution in [-0.2, 0) is 10.2 Å². The molecule has 0 aliphatic heterocycles. The van der Waals surface area contributed by atoms with Crippen LogP contribution in [0.1, 0.15) is 37.1 Å². The number of nitrogens with one attached hydrogen (secondary N) is 1. The smallest absolute Gasteiger partial charge is 0.252 e. The molecule has 1 fully saturated rings. The van der Waals surface area contributed by atoms with Gasteiger partial charge in [0.25, 0.3) is 5.91 Å². The van der Waals surface area contributed by atoms with E-state index in [1.54, 1.807) is 19.3 Å². The van der Waals surface area contributed by atoms with Gasteiger partial charge < -0.3 is 5.32 Å². The summed E-state index contributed by atoms with van der Waals surface area (Å²) in [6.45, 7) is 9.05. The van der Waals surface area contributed by atoms with Crippen LogP contribution in [-0.4, -0.2) is 28.3 Å². The van der Waals surface area contributed by atoms with Gasteiger partial charge in [-0.05, 0) is 31.4 Å². The van der Waals surface area contributed by atoms with E-state index in [4.69, 9.17) is 11.6 Å². The minimum atomic E-state index is -2.68. The molecule has 1 aromatic heterocycles. The molecule has 0 unspecified atom stereocenters. The van der Waals surface area contributed by atoms with E-state index in [9.17, 15) is 13.6 Å². The van der Waals surface area contributed by atoms with E-state index in [1.807, 2.05) is 0 Å². The molecule has 1 heterocycles. The molecule has 0 saturated heterocycles. The Balaban J connectivity index is 2.24. The highest BCUT2D eigenvalue weighted by molar-refractivity contribution is 6.35. The van der Waals surface area contributed by atoms with Crippen molar-refractivity contribution in [1.82, 2.24) is 15.3 Å². The average molecular weight is 382 g/mol. The van der Waals surface area contributed by atoms with E-state index < -0.39 is 17.2 Å². The van der Waals surface area contributed by atoms with Crippen LogP contribution in [0.3, 0.4) is 0 Å². The lowest BCUT2D eigenvalue weighted by molar-refractivity contribution is -0.117. The van der Waals surface area contributed by atoms with Gasteiger partial charge in [0.15, 0.2) is 0 Å². The highest BCUT2D eigenvalue weighted by Gasteiger charge is 2.44. The van der Waals surface area contributed by atoms with Crippen LogP contribution in [0, 0.1) is 6.92 Å². The van der Waals surface area contributed by atoms with Crippen molar-refractivity contribution in [2.45, 2.75) is 43.9 Å². The van der Waals surface area contributed by atoms with Gasteiger partial charge >= 0.3 is 0 Å². The first kappa shape index (κ1) is 20.2.